The van der Waals surface area contributed by atoms with E-state index in [1.54, 1.807) is 6.07 Å². The molecule has 1 aromatic heterocycles. The molecular weight excluding hydrogens is 219 g/mol. The number of hydrogen-bond acceptors (Lipinski definition) is 4. The van der Waals surface area contributed by atoms with E-state index in [2.05, 4.69) is 9.36 Å². The molecule has 1 heterocycles. The number of carboxylic acids is 1. The number of carbonyl (C=O) groups is 1. The van der Waals surface area contributed by atoms with Gasteiger partial charge >= 0.3 is 5.97 Å². The van der Waals surface area contributed by atoms with Crippen LogP contribution in [0.15, 0.2) is 24.3 Å². The lowest BCUT2D eigenvalue weighted by atomic mass is 10.2. The van der Waals surface area contributed by atoms with Gasteiger partial charge in [0.2, 0.25) is 5.01 Å². The highest BCUT2D eigenvalue weighted by molar-refractivity contribution is 7.07. The van der Waals surface area contributed by atoms with Crippen LogP contribution in [0.2, 0.25) is 0 Å². The monoisotopic (exact) mass is 224 g/mol. The van der Waals surface area contributed by atoms with Crippen LogP contribution in [0, 0.1) is 5.82 Å². The summed E-state index contributed by atoms with van der Waals surface area (Å²) >= 11 is 0.775. The molecule has 2 rings (SSSR count). The Morgan fingerprint density at radius 1 is 1.47 bits per heavy atom. The molecule has 0 unspecified atom stereocenters. The van der Waals surface area contributed by atoms with Gasteiger partial charge < -0.3 is 5.11 Å². The van der Waals surface area contributed by atoms with Crippen molar-refractivity contribution in [3.8, 4) is 11.4 Å². The zero-order valence-electron chi connectivity index (χ0n) is 7.35. The second kappa shape index (κ2) is 3.74. The van der Waals surface area contributed by atoms with Gasteiger partial charge in [-0.2, -0.15) is 4.37 Å². The first-order valence-electron chi connectivity index (χ1n) is 4.00. The topological polar surface area (TPSA) is 63.1 Å². The number of aromatic nitrogens is 2. The number of rotatable bonds is 2. The van der Waals surface area contributed by atoms with Gasteiger partial charge in [0.1, 0.15) is 5.82 Å². The summed E-state index contributed by atoms with van der Waals surface area (Å²) in [5, 5.41) is 8.53. The molecule has 0 fully saturated rings. The fourth-order valence-corrected chi connectivity index (χ4v) is 1.58. The predicted octanol–water partition coefficient (Wildman–Crippen LogP) is 2.04. The second-order valence-corrected chi connectivity index (χ2v) is 3.49. The Kier molecular flexibility index (Phi) is 2.42. The van der Waals surface area contributed by atoms with E-state index < -0.39 is 11.8 Å². The molecular formula is C9H5FN2O2S. The Balaban J connectivity index is 2.41. The van der Waals surface area contributed by atoms with E-state index >= 15 is 0 Å². The van der Waals surface area contributed by atoms with Crippen molar-refractivity contribution in [2.24, 2.45) is 0 Å². The average molecular weight is 224 g/mol. The van der Waals surface area contributed by atoms with Crippen LogP contribution in [0.3, 0.4) is 0 Å². The van der Waals surface area contributed by atoms with Crippen LogP contribution in [-0.4, -0.2) is 20.4 Å². The van der Waals surface area contributed by atoms with Crippen molar-refractivity contribution >= 4 is 17.5 Å². The molecule has 15 heavy (non-hydrogen) atoms. The molecule has 0 radical (unpaired) electrons. The molecule has 0 aliphatic rings. The first kappa shape index (κ1) is 9.72. The van der Waals surface area contributed by atoms with Gasteiger partial charge in [-0.05, 0) is 23.7 Å². The Morgan fingerprint density at radius 3 is 2.87 bits per heavy atom. The largest absolute Gasteiger partial charge is 0.476 e. The number of benzene rings is 1. The van der Waals surface area contributed by atoms with Crippen molar-refractivity contribution in [1.29, 1.82) is 0 Å². The minimum atomic E-state index is -1.13. The molecule has 1 aromatic carbocycles. The van der Waals surface area contributed by atoms with Crippen molar-refractivity contribution in [3.63, 3.8) is 0 Å². The molecule has 76 valence electrons. The number of halogens is 1. The van der Waals surface area contributed by atoms with Crippen LogP contribution in [0.25, 0.3) is 11.4 Å². The quantitative estimate of drug-likeness (QED) is 0.847. The maximum absolute atomic E-state index is 12.8. The number of nitrogens with zero attached hydrogens (tertiary/aromatic N) is 2. The lowest BCUT2D eigenvalue weighted by Crippen LogP contribution is -1.94. The maximum Gasteiger partial charge on any atom is 0.366 e. The molecule has 6 heteroatoms. The van der Waals surface area contributed by atoms with Crippen molar-refractivity contribution in [1.82, 2.24) is 9.36 Å². The van der Waals surface area contributed by atoms with Crippen LogP contribution in [0.1, 0.15) is 9.80 Å². The molecule has 0 atom stereocenters. The highest BCUT2D eigenvalue weighted by Crippen LogP contribution is 2.18. The Labute approximate surface area is 88.2 Å². The summed E-state index contributed by atoms with van der Waals surface area (Å²) in [5.74, 6) is -1.30. The second-order valence-electron chi connectivity index (χ2n) is 2.74. The highest BCUT2D eigenvalue weighted by atomic mass is 32.1. The Bertz CT molecular complexity index is 512. The van der Waals surface area contributed by atoms with E-state index in [-0.39, 0.29) is 10.8 Å². The average Bonchev–Trinajstić information content (AvgIpc) is 2.66. The van der Waals surface area contributed by atoms with Gasteiger partial charge in [-0.25, -0.2) is 14.2 Å². The van der Waals surface area contributed by atoms with Gasteiger partial charge in [0.15, 0.2) is 5.82 Å². The van der Waals surface area contributed by atoms with Gasteiger partial charge in [-0.15, -0.1) is 0 Å². The highest BCUT2D eigenvalue weighted by Gasteiger charge is 2.12. The molecule has 0 amide bonds. The first-order chi connectivity index (χ1) is 7.16. The summed E-state index contributed by atoms with van der Waals surface area (Å²) in [6.45, 7) is 0. The lowest BCUT2D eigenvalue weighted by molar-refractivity contribution is 0.0696. The molecule has 0 saturated carbocycles. The van der Waals surface area contributed by atoms with Gasteiger partial charge in [-0.3, -0.25) is 0 Å². The van der Waals surface area contributed by atoms with E-state index in [0.717, 1.165) is 11.5 Å². The standard InChI is InChI=1S/C9H5FN2O2S/c10-6-3-1-2-5(4-6)7-11-8(9(13)14)15-12-7/h1-4H,(H,13,14). The van der Waals surface area contributed by atoms with Crippen LogP contribution < -0.4 is 0 Å². The van der Waals surface area contributed by atoms with E-state index in [1.807, 2.05) is 0 Å². The molecule has 2 aromatic rings. The third-order valence-corrected chi connectivity index (χ3v) is 2.39. The molecule has 0 saturated heterocycles. The van der Waals surface area contributed by atoms with Crippen molar-refractivity contribution in [2.75, 3.05) is 0 Å². The Hall–Kier alpha value is -1.82. The van der Waals surface area contributed by atoms with Crippen molar-refractivity contribution in [2.45, 2.75) is 0 Å². The van der Waals surface area contributed by atoms with Gasteiger partial charge in [0, 0.05) is 5.56 Å². The summed E-state index contributed by atoms with van der Waals surface area (Å²) in [5.41, 5.74) is 0.471. The predicted molar refractivity (Wildman–Crippen MR) is 52.3 cm³/mol. The Morgan fingerprint density at radius 2 is 2.27 bits per heavy atom. The number of carboxylic acid groups (broad SMARTS) is 1. The summed E-state index contributed by atoms with van der Waals surface area (Å²) < 4.78 is 16.7. The van der Waals surface area contributed by atoms with Gasteiger partial charge in [0.25, 0.3) is 0 Å². The fourth-order valence-electron chi connectivity index (χ4n) is 1.06. The van der Waals surface area contributed by atoms with E-state index in [1.165, 1.54) is 18.2 Å². The minimum Gasteiger partial charge on any atom is -0.476 e. The van der Waals surface area contributed by atoms with E-state index in [9.17, 15) is 9.18 Å². The molecule has 0 bridgehead atoms. The first-order valence-corrected chi connectivity index (χ1v) is 4.77. The van der Waals surface area contributed by atoms with Crippen LogP contribution in [0.5, 0.6) is 0 Å². The third-order valence-electron chi connectivity index (χ3n) is 1.69. The zero-order chi connectivity index (χ0) is 10.8. The normalized spacial score (nSPS) is 10.2. The number of hydrogen-bond donors (Lipinski definition) is 1. The van der Waals surface area contributed by atoms with E-state index in [0.29, 0.717) is 5.56 Å². The third kappa shape index (κ3) is 1.99. The van der Waals surface area contributed by atoms with Gasteiger partial charge in [-0.1, -0.05) is 12.1 Å². The van der Waals surface area contributed by atoms with Crippen molar-refractivity contribution in [3.05, 3.63) is 35.1 Å². The SMILES string of the molecule is O=C(O)c1nc(-c2cccc(F)c2)ns1. The summed E-state index contributed by atoms with van der Waals surface area (Å²) in [7, 11) is 0. The maximum atomic E-state index is 12.8. The van der Waals surface area contributed by atoms with Crippen LogP contribution in [0.4, 0.5) is 4.39 Å². The summed E-state index contributed by atoms with van der Waals surface area (Å²) in [6.07, 6.45) is 0. The summed E-state index contributed by atoms with van der Waals surface area (Å²) in [4.78, 5) is 14.3. The molecule has 0 aliphatic heterocycles. The number of aromatic carboxylic acids is 1. The van der Waals surface area contributed by atoms with E-state index in [4.69, 9.17) is 5.11 Å². The lowest BCUT2D eigenvalue weighted by Gasteiger charge is -1.93. The molecule has 0 spiro atoms. The van der Waals surface area contributed by atoms with Crippen LogP contribution in [-0.2, 0) is 0 Å². The molecule has 0 aliphatic carbocycles. The molecule has 4 nitrogen and oxygen atoms in total. The molecule has 1 N–H and O–H groups in total. The smallest absolute Gasteiger partial charge is 0.366 e. The zero-order valence-corrected chi connectivity index (χ0v) is 8.16. The van der Waals surface area contributed by atoms with Crippen molar-refractivity contribution < 1.29 is 14.3 Å². The van der Waals surface area contributed by atoms with Crippen LogP contribution >= 0.6 is 11.5 Å². The van der Waals surface area contributed by atoms with Gasteiger partial charge in [0.05, 0.1) is 0 Å². The fraction of sp³-hybridized carbons (Fsp3) is 0. The summed E-state index contributed by atoms with van der Waals surface area (Å²) in [6, 6.07) is 5.70. The minimum absolute atomic E-state index is 0.103.